The number of carbonyl (C=O) groups excluding carboxylic acids is 2. The molecule has 188 valence electrons. The lowest BCUT2D eigenvalue weighted by atomic mass is 9.93. The molecule has 2 aromatic heterocycles. The van der Waals surface area contributed by atoms with Crippen molar-refractivity contribution in [1.29, 1.82) is 0 Å². The van der Waals surface area contributed by atoms with E-state index in [0.717, 1.165) is 29.0 Å². The topological polar surface area (TPSA) is 98.7 Å². The minimum absolute atomic E-state index is 0.0747. The summed E-state index contributed by atoms with van der Waals surface area (Å²) in [4.78, 5) is 38.6. The van der Waals surface area contributed by atoms with Crippen molar-refractivity contribution in [3.63, 3.8) is 0 Å². The van der Waals surface area contributed by atoms with E-state index in [2.05, 4.69) is 20.2 Å². The zero-order chi connectivity index (χ0) is 25.6. The third-order valence-corrected chi connectivity index (χ3v) is 6.50. The molecule has 2 N–H and O–H groups in total. The van der Waals surface area contributed by atoms with Gasteiger partial charge in [-0.3, -0.25) is 29.4 Å². The molecule has 0 aliphatic carbocycles. The Morgan fingerprint density at radius 3 is 2.11 bits per heavy atom. The first-order valence-electron chi connectivity index (χ1n) is 12.4. The normalized spacial score (nSPS) is 13.0. The molecule has 2 amide bonds. The van der Waals surface area contributed by atoms with Gasteiger partial charge in [0.1, 0.15) is 0 Å². The highest BCUT2D eigenvalue weighted by Gasteiger charge is 2.32. The Morgan fingerprint density at radius 1 is 0.811 bits per heavy atom. The van der Waals surface area contributed by atoms with E-state index in [1.54, 1.807) is 24.5 Å². The molecule has 0 radical (unpaired) electrons. The summed E-state index contributed by atoms with van der Waals surface area (Å²) in [6.45, 7) is 2.90. The van der Waals surface area contributed by atoms with Crippen LogP contribution < -0.4 is 5.32 Å². The number of nitrogens with zero attached hydrogens (tertiary/aromatic N) is 4. The molecule has 0 fully saturated rings. The third-order valence-electron chi connectivity index (χ3n) is 6.50. The average Bonchev–Trinajstić information content (AvgIpc) is 2.93. The van der Waals surface area contributed by atoms with Gasteiger partial charge in [-0.2, -0.15) is 0 Å². The van der Waals surface area contributed by atoms with Gasteiger partial charge in [0.15, 0.2) is 0 Å². The lowest BCUT2D eigenvalue weighted by molar-refractivity contribution is 0.0601. The first kappa shape index (κ1) is 24.5. The van der Waals surface area contributed by atoms with Crippen LogP contribution in [-0.2, 0) is 13.1 Å². The number of aromatic nitrogens is 2. The van der Waals surface area contributed by atoms with E-state index >= 15 is 0 Å². The van der Waals surface area contributed by atoms with Crippen LogP contribution in [0.5, 0.6) is 0 Å². The van der Waals surface area contributed by atoms with Crippen LogP contribution in [0.4, 0.5) is 5.69 Å². The first-order valence-corrected chi connectivity index (χ1v) is 12.4. The van der Waals surface area contributed by atoms with Crippen LogP contribution >= 0.6 is 0 Å². The molecule has 0 saturated heterocycles. The molecule has 0 saturated carbocycles. The van der Waals surface area contributed by atoms with Crippen molar-refractivity contribution in [3.05, 3.63) is 102 Å². The number of aliphatic hydroxyl groups excluding tert-OH is 1. The van der Waals surface area contributed by atoms with Gasteiger partial charge in [-0.05, 0) is 48.9 Å². The van der Waals surface area contributed by atoms with Crippen LogP contribution in [0.15, 0.2) is 79.1 Å². The third kappa shape index (κ3) is 5.35. The maximum absolute atomic E-state index is 13.1. The zero-order valence-electron chi connectivity index (χ0n) is 20.5. The van der Waals surface area contributed by atoms with E-state index in [0.29, 0.717) is 42.6 Å². The van der Waals surface area contributed by atoms with Crippen LogP contribution in [0.25, 0.3) is 10.8 Å². The molecule has 5 rings (SSSR count). The largest absolute Gasteiger partial charge is 0.396 e. The predicted octanol–water partition coefficient (Wildman–Crippen LogP) is 3.72. The Hall–Kier alpha value is -4.14. The summed E-state index contributed by atoms with van der Waals surface area (Å²) in [5, 5.41) is 14.2. The number of anilines is 1. The standard InChI is InChI=1S/C29H29N5O3/c35-18-6-16-34-28(36)24-10-5-9-23-26(12-11-25(27(23)24)29(34)37)32-15-17-33(19-21-7-1-3-13-30-21)20-22-8-2-4-14-31-22/h1-5,7-14,32,35H,6,15-20H2. The molecule has 3 heterocycles. The molecule has 8 heteroatoms. The fraction of sp³-hybridized carbons (Fsp3) is 0.241. The van der Waals surface area contributed by atoms with Gasteiger partial charge in [-0.15, -0.1) is 0 Å². The van der Waals surface area contributed by atoms with E-state index in [9.17, 15) is 14.7 Å². The number of benzene rings is 2. The van der Waals surface area contributed by atoms with Crippen molar-refractivity contribution in [2.75, 3.05) is 31.6 Å². The lowest BCUT2D eigenvalue weighted by Gasteiger charge is -2.28. The summed E-state index contributed by atoms with van der Waals surface area (Å²) in [7, 11) is 0. The fourth-order valence-electron chi connectivity index (χ4n) is 4.74. The van der Waals surface area contributed by atoms with Crippen LogP contribution in [0.3, 0.4) is 0 Å². The highest BCUT2D eigenvalue weighted by Crippen LogP contribution is 2.34. The number of hydrogen-bond donors (Lipinski definition) is 2. The van der Waals surface area contributed by atoms with Gasteiger partial charge in [-0.1, -0.05) is 24.3 Å². The number of hydrogen-bond acceptors (Lipinski definition) is 7. The predicted molar refractivity (Wildman–Crippen MR) is 142 cm³/mol. The second kappa shape index (κ2) is 11.3. The maximum Gasteiger partial charge on any atom is 0.261 e. The van der Waals surface area contributed by atoms with Crippen molar-refractivity contribution < 1.29 is 14.7 Å². The molecule has 8 nitrogen and oxygen atoms in total. The number of amides is 2. The summed E-state index contributed by atoms with van der Waals surface area (Å²) in [5.41, 5.74) is 3.88. The van der Waals surface area contributed by atoms with E-state index in [-0.39, 0.29) is 25.0 Å². The molecular formula is C29H29N5O3. The van der Waals surface area contributed by atoms with Gasteiger partial charge in [0.05, 0.1) is 11.4 Å². The van der Waals surface area contributed by atoms with Gasteiger partial charge in [0, 0.05) is 79.3 Å². The van der Waals surface area contributed by atoms with Crippen molar-refractivity contribution in [2.45, 2.75) is 19.5 Å². The summed E-state index contributed by atoms with van der Waals surface area (Å²) in [6, 6.07) is 21.1. The van der Waals surface area contributed by atoms with E-state index in [4.69, 9.17) is 0 Å². The molecular weight excluding hydrogens is 466 g/mol. The second-order valence-electron chi connectivity index (χ2n) is 9.01. The van der Waals surface area contributed by atoms with Gasteiger partial charge in [0.25, 0.3) is 11.8 Å². The SMILES string of the molecule is O=C1c2cccc3c(NCCN(Cc4ccccn4)Cc4ccccn4)ccc(c23)C(=O)N1CCCO. The van der Waals surface area contributed by atoms with Gasteiger partial charge >= 0.3 is 0 Å². The molecule has 0 spiro atoms. The smallest absolute Gasteiger partial charge is 0.261 e. The quantitative estimate of drug-likeness (QED) is 0.306. The van der Waals surface area contributed by atoms with Crippen LogP contribution in [-0.4, -0.2) is 62.9 Å². The van der Waals surface area contributed by atoms with Gasteiger partial charge in [0.2, 0.25) is 0 Å². The number of aliphatic hydroxyl groups is 1. The first-order chi connectivity index (χ1) is 18.2. The molecule has 0 unspecified atom stereocenters. The Balaban J connectivity index is 1.35. The monoisotopic (exact) mass is 495 g/mol. The highest BCUT2D eigenvalue weighted by atomic mass is 16.3. The number of nitrogens with one attached hydrogen (secondary N) is 1. The lowest BCUT2D eigenvalue weighted by Crippen LogP contribution is -2.41. The van der Waals surface area contributed by atoms with Crippen LogP contribution in [0, 0.1) is 0 Å². The molecule has 37 heavy (non-hydrogen) atoms. The zero-order valence-corrected chi connectivity index (χ0v) is 20.5. The number of pyridine rings is 2. The summed E-state index contributed by atoms with van der Waals surface area (Å²) < 4.78 is 0. The van der Waals surface area contributed by atoms with Gasteiger partial charge in [-0.25, -0.2) is 0 Å². The minimum atomic E-state index is -0.314. The second-order valence-corrected chi connectivity index (χ2v) is 9.01. The number of carbonyl (C=O) groups is 2. The maximum atomic E-state index is 13.1. The van der Waals surface area contributed by atoms with Gasteiger partial charge < -0.3 is 10.4 Å². The molecule has 1 aliphatic rings. The molecule has 2 aromatic carbocycles. The molecule has 4 aromatic rings. The van der Waals surface area contributed by atoms with Crippen molar-refractivity contribution in [2.24, 2.45) is 0 Å². The fourth-order valence-corrected chi connectivity index (χ4v) is 4.74. The Morgan fingerprint density at radius 2 is 1.49 bits per heavy atom. The molecule has 1 aliphatic heterocycles. The summed E-state index contributed by atoms with van der Waals surface area (Å²) in [6.07, 6.45) is 3.96. The number of imide groups is 1. The summed E-state index contributed by atoms with van der Waals surface area (Å²) in [5.74, 6) is -0.629. The van der Waals surface area contributed by atoms with Crippen molar-refractivity contribution >= 4 is 28.3 Å². The van der Waals surface area contributed by atoms with E-state index in [1.165, 1.54) is 4.90 Å². The van der Waals surface area contributed by atoms with E-state index < -0.39 is 0 Å². The highest BCUT2D eigenvalue weighted by molar-refractivity contribution is 6.26. The van der Waals surface area contributed by atoms with Crippen LogP contribution in [0.2, 0.25) is 0 Å². The molecule has 0 atom stereocenters. The minimum Gasteiger partial charge on any atom is -0.396 e. The summed E-state index contributed by atoms with van der Waals surface area (Å²) >= 11 is 0. The Kier molecular flexibility index (Phi) is 7.49. The van der Waals surface area contributed by atoms with Crippen LogP contribution in [0.1, 0.15) is 38.5 Å². The van der Waals surface area contributed by atoms with Crippen molar-refractivity contribution in [3.8, 4) is 0 Å². The number of rotatable bonds is 11. The average molecular weight is 496 g/mol. The Bertz CT molecular complexity index is 1330. The van der Waals surface area contributed by atoms with Crippen molar-refractivity contribution in [1.82, 2.24) is 19.8 Å². The Labute approximate surface area is 215 Å². The molecule has 0 bridgehead atoms. The van der Waals surface area contributed by atoms with E-state index in [1.807, 2.05) is 54.6 Å².